The summed E-state index contributed by atoms with van der Waals surface area (Å²) in [5.74, 6) is -0.426. The summed E-state index contributed by atoms with van der Waals surface area (Å²) < 4.78 is 21.6. The molecule has 0 bridgehead atoms. The summed E-state index contributed by atoms with van der Waals surface area (Å²) in [5.41, 5.74) is 1.25. The van der Waals surface area contributed by atoms with Gasteiger partial charge in [0.25, 0.3) is 0 Å². The number of hydrogen-bond donors (Lipinski definition) is 0. The van der Waals surface area contributed by atoms with Gasteiger partial charge in [-0.25, -0.2) is 9.18 Å². The van der Waals surface area contributed by atoms with Crippen LogP contribution in [-0.4, -0.2) is 34.3 Å². The first-order chi connectivity index (χ1) is 11.1. The van der Waals surface area contributed by atoms with Crippen molar-refractivity contribution in [2.45, 2.75) is 51.8 Å². The number of carbonyl (C=O) groups excluding carboxylic acids is 1. The lowest BCUT2D eigenvalue weighted by Crippen LogP contribution is -2.46. The third kappa shape index (κ3) is 2.75. The first kappa shape index (κ1) is 17.1. The van der Waals surface area contributed by atoms with Crippen LogP contribution < -0.4 is 0 Å². The van der Waals surface area contributed by atoms with Crippen LogP contribution in [0.3, 0.4) is 0 Å². The summed E-state index contributed by atoms with van der Waals surface area (Å²) in [6.45, 7) is 7.56. The minimum atomic E-state index is -0.554. The average molecular weight is 353 g/mol. The number of ether oxygens (including phenoxy) is 1. The molecule has 0 radical (unpaired) electrons. The highest BCUT2D eigenvalue weighted by Gasteiger charge is 2.34. The summed E-state index contributed by atoms with van der Waals surface area (Å²) in [6, 6.07) is 3.22. The van der Waals surface area contributed by atoms with Crippen LogP contribution in [0.2, 0.25) is 5.02 Å². The van der Waals surface area contributed by atoms with Crippen molar-refractivity contribution in [1.82, 2.24) is 9.47 Å². The number of amides is 1. The summed E-state index contributed by atoms with van der Waals surface area (Å²) in [6.07, 6.45) is 2.09. The van der Waals surface area contributed by atoms with Gasteiger partial charge in [0, 0.05) is 18.6 Å². The second kappa shape index (κ2) is 5.66. The lowest BCUT2D eigenvalue weighted by molar-refractivity contribution is 0.0174. The number of carbonyl (C=O) groups is 1. The van der Waals surface area contributed by atoms with Crippen molar-refractivity contribution in [2.24, 2.45) is 0 Å². The lowest BCUT2D eigenvalue weighted by atomic mass is 9.93. The van der Waals surface area contributed by atoms with E-state index >= 15 is 0 Å². The topological polar surface area (TPSA) is 34.5 Å². The fourth-order valence-electron chi connectivity index (χ4n) is 3.38. The molecule has 0 saturated heterocycles. The van der Waals surface area contributed by atoms with E-state index in [4.69, 9.17) is 16.3 Å². The molecule has 0 fully saturated rings. The van der Waals surface area contributed by atoms with E-state index in [0.717, 1.165) is 16.5 Å². The molecule has 2 aromatic rings. The van der Waals surface area contributed by atoms with Gasteiger partial charge in [0.1, 0.15) is 11.4 Å². The monoisotopic (exact) mass is 352 g/mol. The van der Waals surface area contributed by atoms with Gasteiger partial charge in [-0.3, -0.25) is 0 Å². The predicted molar refractivity (Wildman–Crippen MR) is 93.1 cm³/mol. The van der Waals surface area contributed by atoms with Gasteiger partial charge in [-0.15, -0.1) is 0 Å². The molecule has 4 nitrogen and oxygen atoms in total. The van der Waals surface area contributed by atoms with Crippen molar-refractivity contribution in [3.05, 3.63) is 34.7 Å². The van der Waals surface area contributed by atoms with Gasteiger partial charge in [0.15, 0.2) is 0 Å². The van der Waals surface area contributed by atoms with Gasteiger partial charge in [0.2, 0.25) is 0 Å². The standard InChI is InChI=1S/C18H22ClFN2O2/c1-10-14(21(5)17(23)24-18(2,3)4)9-11-8-13(20)15(19)12-6-7-22(10)16(11)12/h6-8,10,14H,9H2,1-5H3/t10-,14+/m1/s1. The molecule has 1 aliphatic heterocycles. The molecule has 0 N–H and O–H groups in total. The van der Waals surface area contributed by atoms with E-state index in [1.165, 1.54) is 6.07 Å². The Bertz CT molecular complexity index is 809. The highest BCUT2D eigenvalue weighted by Crippen LogP contribution is 2.38. The third-order valence-corrected chi connectivity index (χ3v) is 4.95. The molecular formula is C18H22ClFN2O2. The first-order valence-corrected chi connectivity index (χ1v) is 8.41. The van der Waals surface area contributed by atoms with Crippen LogP contribution in [0.15, 0.2) is 18.3 Å². The molecule has 130 valence electrons. The van der Waals surface area contributed by atoms with Gasteiger partial charge in [-0.1, -0.05) is 11.6 Å². The van der Waals surface area contributed by atoms with Gasteiger partial charge in [-0.05, 0) is 51.8 Å². The first-order valence-electron chi connectivity index (χ1n) is 8.03. The zero-order valence-electron chi connectivity index (χ0n) is 14.6. The van der Waals surface area contributed by atoms with Crippen LogP contribution in [0.4, 0.5) is 9.18 Å². The van der Waals surface area contributed by atoms with Crippen molar-refractivity contribution in [3.8, 4) is 0 Å². The maximum absolute atomic E-state index is 14.1. The molecule has 2 atom stereocenters. The average Bonchev–Trinajstić information content (AvgIpc) is 2.91. The van der Waals surface area contributed by atoms with E-state index in [-0.39, 0.29) is 23.2 Å². The van der Waals surface area contributed by atoms with E-state index in [0.29, 0.717) is 6.42 Å². The Morgan fingerprint density at radius 2 is 2.12 bits per heavy atom. The Hall–Kier alpha value is -1.75. The fraction of sp³-hybridized carbons (Fsp3) is 0.500. The highest BCUT2D eigenvalue weighted by molar-refractivity contribution is 6.35. The summed E-state index contributed by atoms with van der Waals surface area (Å²) in [5, 5.41) is 0.871. The SMILES string of the molecule is C[C@@H]1[C@@H](N(C)C(=O)OC(C)(C)C)Cc2cc(F)c(Cl)c3ccn1c23. The normalized spacial score (nSPS) is 20.3. The Labute approximate surface area is 146 Å². The van der Waals surface area contributed by atoms with Crippen molar-refractivity contribution < 1.29 is 13.9 Å². The fourth-order valence-corrected chi connectivity index (χ4v) is 3.59. The van der Waals surface area contributed by atoms with Crippen molar-refractivity contribution in [2.75, 3.05) is 7.05 Å². The number of rotatable bonds is 1. The molecule has 1 aliphatic rings. The van der Waals surface area contributed by atoms with Gasteiger partial charge >= 0.3 is 6.09 Å². The molecule has 0 aliphatic carbocycles. The minimum absolute atomic E-state index is 0.0362. The zero-order valence-corrected chi connectivity index (χ0v) is 15.3. The molecule has 1 aromatic heterocycles. The van der Waals surface area contributed by atoms with Crippen molar-refractivity contribution >= 4 is 28.6 Å². The molecule has 1 amide bonds. The Balaban J connectivity index is 1.97. The maximum atomic E-state index is 14.1. The molecule has 0 unspecified atom stereocenters. The molecule has 0 spiro atoms. The van der Waals surface area contributed by atoms with Crippen LogP contribution in [0.25, 0.3) is 10.9 Å². The van der Waals surface area contributed by atoms with E-state index < -0.39 is 11.4 Å². The zero-order chi connectivity index (χ0) is 17.8. The molecule has 1 aromatic carbocycles. The van der Waals surface area contributed by atoms with Crippen LogP contribution in [-0.2, 0) is 11.2 Å². The molecule has 0 saturated carbocycles. The maximum Gasteiger partial charge on any atom is 0.410 e. The van der Waals surface area contributed by atoms with E-state index in [1.54, 1.807) is 11.9 Å². The minimum Gasteiger partial charge on any atom is -0.444 e. The van der Waals surface area contributed by atoms with Crippen LogP contribution >= 0.6 is 11.6 Å². The molecule has 6 heteroatoms. The summed E-state index contributed by atoms with van der Waals surface area (Å²) >= 11 is 6.09. The number of hydrogen-bond acceptors (Lipinski definition) is 2. The largest absolute Gasteiger partial charge is 0.444 e. The molecule has 24 heavy (non-hydrogen) atoms. The Morgan fingerprint density at radius 1 is 1.46 bits per heavy atom. The van der Waals surface area contributed by atoms with E-state index in [2.05, 4.69) is 4.57 Å². The van der Waals surface area contributed by atoms with Crippen LogP contribution in [0.1, 0.15) is 39.3 Å². The molecular weight excluding hydrogens is 331 g/mol. The second-order valence-electron chi connectivity index (χ2n) is 7.42. The summed E-state index contributed by atoms with van der Waals surface area (Å²) in [7, 11) is 1.73. The van der Waals surface area contributed by atoms with Gasteiger partial charge < -0.3 is 14.2 Å². The number of halogens is 2. The Morgan fingerprint density at radius 3 is 2.75 bits per heavy atom. The number of benzene rings is 1. The Kier molecular flexibility index (Phi) is 4.03. The molecule has 2 heterocycles. The number of nitrogens with zero attached hydrogens (tertiary/aromatic N) is 2. The number of aromatic nitrogens is 1. The van der Waals surface area contributed by atoms with Gasteiger partial charge in [-0.2, -0.15) is 0 Å². The van der Waals surface area contributed by atoms with Gasteiger partial charge in [0.05, 0.1) is 22.6 Å². The van der Waals surface area contributed by atoms with Crippen LogP contribution in [0, 0.1) is 5.82 Å². The van der Waals surface area contributed by atoms with Crippen LogP contribution in [0.5, 0.6) is 0 Å². The van der Waals surface area contributed by atoms with E-state index in [9.17, 15) is 9.18 Å². The second-order valence-corrected chi connectivity index (χ2v) is 7.80. The lowest BCUT2D eigenvalue weighted by Gasteiger charge is -2.38. The van der Waals surface area contributed by atoms with E-state index in [1.807, 2.05) is 40.0 Å². The molecule has 3 rings (SSSR count). The number of likely N-dealkylation sites (N-methyl/N-ethyl adjacent to an activating group) is 1. The third-order valence-electron chi connectivity index (χ3n) is 4.57. The quantitative estimate of drug-likeness (QED) is 0.739. The smallest absolute Gasteiger partial charge is 0.410 e. The predicted octanol–water partition coefficient (Wildman–Crippen LogP) is 4.79. The summed E-state index contributed by atoms with van der Waals surface area (Å²) in [4.78, 5) is 14.0. The van der Waals surface area contributed by atoms with Crippen molar-refractivity contribution in [3.63, 3.8) is 0 Å². The highest BCUT2D eigenvalue weighted by atomic mass is 35.5. The van der Waals surface area contributed by atoms with Crippen molar-refractivity contribution in [1.29, 1.82) is 0 Å².